The highest BCUT2D eigenvalue weighted by atomic mass is 16.2. The quantitative estimate of drug-likeness (QED) is 0.469. The molecule has 176 valence electrons. The SMILES string of the molecule is CCC(=O)N1CCC(c2ccc(Nc3cc(NCc4cccnc4)c(C(N)=O)cn3)cc2)CC1. The van der Waals surface area contributed by atoms with Gasteiger partial charge >= 0.3 is 0 Å². The van der Waals surface area contributed by atoms with Crippen LogP contribution in [0.2, 0.25) is 0 Å². The lowest BCUT2D eigenvalue weighted by Gasteiger charge is -2.32. The standard InChI is InChI=1S/C26H30N6O2/c1-2-25(33)32-12-9-20(10-13-32)19-5-7-21(8-6-19)31-24-14-23(22(17-30-24)26(27)34)29-16-18-4-3-11-28-15-18/h3-8,11,14-15,17,20H,2,9-10,12-13,16H2,1H3,(H2,27,34)(H2,29,30,31). The van der Waals surface area contributed by atoms with Crippen molar-refractivity contribution >= 4 is 29.0 Å². The maximum absolute atomic E-state index is 11.9. The Labute approximate surface area is 199 Å². The third-order valence-corrected chi connectivity index (χ3v) is 6.18. The number of carbonyl (C=O) groups is 2. The molecule has 8 heteroatoms. The fourth-order valence-corrected chi connectivity index (χ4v) is 4.24. The van der Waals surface area contributed by atoms with Gasteiger partial charge < -0.3 is 21.3 Å². The van der Waals surface area contributed by atoms with Crippen LogP contribution in [0.5, 0.6) is 0 Å². The average Bonchev–Trinajstić information content (AvgIpc) is 2.88. The van der Waals surface area contributed by atoms with E-state index in [1.807, 2.05) is 36.1 Å². The Morgan fingerprint density at radius 1 is 1.12 bits per heavy atom. The smallest absolute Gasteiger partial charge is 0.252 e. The van der Waals surface area contributed by atoms with Gasteiger partial charge in [-0.2, -0.15) is 0 Å². The van der Waals surface area contributed by atoms with E-state index >= 15 is 0 Å². The summed E-state index contributed by atoms with van der Waals surface area (Å²) in [5, 5.41) is 6.56. The minimum atomic E-state index is -0.538. The van der Waals surface area contributed by atoms with Crippen molar-refractivity contribution in [3.05, 3.63) is 77.7 Å². The Morgan fingerprint density at radius 3 is 2.53 bits per heavy atom. The molecule has 0 spiro atoms. The molecule has 2 amide bonds. The highest BCUT2D eigenvalue weighted by Crippen LogP contribution is 2.30. The van der Waals surface area contributed by atoms with E-state index in [0.29, 0.717) is 36.0 Å². The van der Waals surface area contributed by atoms with Crippen LogP contribution in [0.4, 0.5) is 17.2 Å². The van der Waals surface area contributed by atoms with Gasteiger partial charge in [-0.15, -0.1) is 0 Å². The number of likely N-dealkylation sites (tertiary alicyclic amines) is 1. The number of hydrogen-bond donors (Lipinski definition) is 3. The zero-order chi connectivity index (χ0) is 23.9. The molecule has 4 N–H and O–H groups in total. The van der Waals surface area contributed by atoms with Gasteiger partial charge in [-0.1, -0.05) is 25.1 Å². The van der Waals surface area contributed by atoms with Crippen LogP contribution in [-0.2, 0) is 11.3 Å². The molecule has 1 saturated heterocycles. The number of pyridine rings is 2. The number of anilines is 3. The topological polar surface area (TPSA) is 113 Å². The van der Waals surface area contributed by atoms with Crippen LogP contribution in [0.15, 0.2) is 61.1 Å². The fourth-order valence-electron chi connectivity index (χ4n) is 4.24. The minimum absolute atomic E-state index is 0.238. The number of piperidine rings is 1. The Morgan fingerprint density at radius 2 is 1.88 bits per heavy atom. The van der Waals surface area contributed by atoms with Crippen LogP contribution in [0.25, 0.3) is 0 Å². The van der Waals surface area contributed by atoms with E-state index in [1.165, 1.54) is 11.8 Å². The first kappa shape index (κ1) is 23.2. The third-order valence-electron chi connectivity index (χ3n) is 6.18. The first-order valence-electron chi connectivity index (χ1n) is 11.6. The summed E-state index contributed by atoms with van der Waals surface area (Å²) in [6.45, 7) is 4.07. The van der Waals surface area contributed by atoms with E-state index < -0.39 is 5.91 Å². The van der Waals surface area contributed by atoms with E-state index in [9.17, 15) is 9.59 Å². The Balaban J connectivity index is 1.41. The number of hydrogen-bond acceptors (Lipinski definition) is 6. The zero-order valence-electron chi connectivity index (χ0n) is 19.3. The highest BCUT2D eigenvalue weighted by Gasteiger charge is 2.22. The van der Waals surface area contributed by atoms with Gasteiger partial charge in [0.05, 0.1) is 11.3 Å². The lowest BCUT2D eigenvalue weighted by atomic mass is 9.89. The van der Waals surface area contributed by atoms with Gasteiger partial charge in [0.2, 0.25) is 5.91 Å². The van der Waals surface area contributed by atoms with Crippen molar-refractivity contribution < 1.29 is 9.59 Å². The van der Waals surface area contributed by atoms with Crippen molar-refractivity contribution in [1.29, 1.82) is 0 Å². The first-order valence-corrected chi connectivity index (χ1v) is 11.6. The molecule has 0 aliphatic carbocycles. The second kappa shape index (κ2) is 10.8. The summed E-state index contributed by atoms with van der Waals surface area (Å²) >= 11 is 0. The molecule has 1 aliphatic rings. The number of nitrogens with two attached hydrogens (primary N) is 1. The molecule has 8 nitrogen and oxygen atoms in total. The molecule has 2 aromatic heterocycles. The number of benzene rings is 1. The number of nitrogens with zero attached hydrogens (tertiary/aromatic N) is 3. The number of carbonyl (C=O) groups excluding carboxylic acids is 2. The molecule has 0 atom stereocenters. The highest BCUT2D eigenvalue weighted by molar-refractivity contribution is 5.98. The van der Waals surface area contributed by atoms with Crippen molar-refractivity contribution in [3.63, 3.8) is 0 Å². The summed E-state index contributed by atoms with van der Waals surface area (Å²) in [6.07, 6.45) is 7.51. The Kier molecular flexibility index (Phi) is 7.37. The van der Waals surface area contributed by atoms with Gasteiger partial charge in [0.15, 0.2) is 0 Å². The molecule has 1 fully saturated rings. The maximum atomic E-state index is 11.9. The molecule has 3 heterocycles. The summed E-state index contributed by atoms with van der Waals surface area (Å²) < 4.78 is 0. The molecule has 4 rings (SSSR count). The van der Waals surface area contributed by atoms with E-state index in [-0.39, 0.29) is 5.91 Å². The van der Waals surface area contributed by atoms with E-state index in [0.717, 1.165) is 37.2 Å². The van der Waals surface area contributed by atoms with Gasteiger partial charge in [0.1, 0.15) is 5.82 Å². The van der Waals surface area contributed by atoms with Crippen molar-refractivity contribution in [2.75, 3.05) is 23.7 Å². The Hall–Kier alpha value is -3.94. The molecule has 0 unspecified atom stereocenters. The van der Waals surface area contributed by atoms with Crippen molar-refractivity contribution in [2.24, 2.45) is 5.73 Å². The van der Waals surface area contributed by atoms with Crippen molar-refractivity contribution in [3.8, 4) is 0 Å². The number of nitrogens with one attached hydrogen (secondary N) is 2. The number of rotatable bonds is 8. The van der Waals surface area contributed by atoms with Crippen LogP contribution < -0.4 is 16.4 Å². The summed E-state index contributed by atoms with van der Waals surface area (Å²) in [7, 11) is 0. The molecule has 34 heavy (non-hydrogen) atoms. The van der Waals surface area contributed by atoms with Gasteiger partial charge in [0, 0.05) is 56.4 Å². The molecule has 0 saturated carbocycles. The van der Waals surface area contributed by atoms with Crippen molar-refractivity contribution in [2.45, 2.75) is 38.6 Å². The number of aromatic nitrogens is 2. The Bertz CT molecular complexity index is 1130. The average molecular weight is 459 g/mol. The van der Waals surface area contributed by atoms with Crippen LogP contribution in [0, 0.1) is 0 Å². The van der Waals surface area contributed by atoms with Crippen LogP contribution in [-0.4, -0.2) is 39.8 Å². The van der Waals surface area contributed by atoms with Gasteiger partial charge in [-0.25, -0.2) is 4.98 Å². The van der Waals surface area contributed by atoms with Gasteiger partial charge in [-0.05, 0) is 48.1 Å². The largest absolute Gasteiger partial charge is 0.380 e. The summed E-state index contributed by atoms with van der Waals surface area (Å²) in [5.74, 6) is 0.773. The fraction of sp³-hybridized carbons (Fsp3) is 0.308. The normalized spacial score (nSPS) is 14.0. The predicted octanol–water partition coefficient (Wildman–Crippen LogP) is 4.05. The minimum Gasteiger partial charge on any atom is -0.380 e. The lowest BCUT2D eigenvalue weighted by Crippen LogP contribution is -2.37. The monoisotopic (exact) mass is 458 g/mol. The van der Waals surface area contributed by atoms with Gasteiger partial charge in [-0.3, -0.25) is 14.6 Å². The molecule has 1 aliphatic heterocycles. The van der Waals surface area contributed by atoms with E-state index in [2.05, 4.69) is 32.7 Å². The second-order valence-corrected chi connectivity index (χ2v) is 8.45. The molecule has 0 radical (unpaired) electrons. The van der Waals surface area contributed by atoms with Gasteiger partial charge in [0.25, 0.3) is 5.91 Å². The molecule has 0 bridgehead atoms. The predicted molar refractivity (Wildman–Crippen MR) is 133 cm³/mol. The summed E-state index contributed by atoms with van der Waals surface area (Å²) in [5.41, 5.74) is 9.65. The summed E-state index contributed by atoms with van der Waals surface area (Å²) in [6, 6.07) is 13.9. The maximum Gasteiger partial charge on any atom is 0.252 e. The van der Waals surface area contributed by atoms with E-state index in [1.54, 1.807) is 18.5 Å². The molecular formula is C26H30N6O2. The van der Waals surface area contributed by atoms with Crippen LogP contribution in [0.1, 0.15) is 53.6 Å². The lowest BCUT2D eigenvalue weighted by molar-refractivity contribution is -0.131. The third kappa shape index (κ3) is 5.70. The number of amides is 2. The van der Waals surface area contributed by atoms with Crippen LogP contribution in [0.3, 0.4) is 0 Å². The van der Waals surface area contributed by atoms with Crippen molar-refractivity contribution in [1.82, 2.24) is 14.9 Å². The molecule has 1 aromatic carbocycles. The van der Waals surface area contributed by atoms with Crippen LogP contribution >= 0.6 is 0 Å². The molecule has 3 aromatic rings. The zero-order valence-corrected chi connectivity index (χ0v) is 19.3. The first-order chi connectivity index (χ1) is 16.5. The molecular weight excluding hydrogens is 428 g/mol. The second-order valence-electron chi connectivity index (χ2n) is 8.45. The van der Waals surface area contributed by atoms with E-state index in [4.69, 9.17) is 5.73 Å². The number of primary amides is 1. The summed E-state index contributed by atoms with van der Waals surface area (Å²) in [4.78, 5) is 34.2.